The van der Waals surface area contributed by atoms with Gasteiger partial charge in [-0.1, -0.05) is 0 Å². The summed E-state index contributed by atoms with van der Waals surface area (Å²) in [5, 5.41) is 0. The molecule has 4 heteroatoms. The summed E-state index contributed by atoms with van der Waals surface area (Å²) >= 11 is 0. The minimum Gasteiger partial charge on any atom is -0.362 e. The molecule has 0 unspecified atom stereocenters. The molecule has 0 N–H and O–H groups in total. The molecule has 0 atom stereocenters. The Balaban J connectivity index is 2.49. The topological polar surface area (TPSA) is 40.6 Å². The Morgan fingerprint density at radius 3 is 2.05 bits per heavy atom. The van der Waals surface area contributed by atoms with Crippen LogP contribution in [0, 0.1) is 0 Å². The fourth-order valence-corrected chi connectivity index (χ4v) is 3.14. The lowest BCUT2D eigenvalue weighted by atomic mass is 9.89. The third-order valence-corrected chi connectivity index (χ3v) is 3.97. The number of nitrogens with zero attached hydrogens (tertiary/aromatic N) is 2. The Hall–Kier alpha value is -1.32. The van der Waals surface area contributed by atoms with Crippen LogP contribution in [0.1, 0.15) is 60.8 Å². The van der Waals surface area contributed by atoms with Crippen LogP contribution in [-0.4, -0.2) is 39.2 Å². The maximum atomic E-state index is 12.9. The van der Waals surface area contributed by atoms with E-state index in [1.165, 1.54) is 4.90 Å². The average molecular weight is 278 g/mol. The van der Waals surface area contributed by atoms with Crippen molar-refractivity contribution in [3.63, 3.8) is 0 Å². The highest BCUT2D eigenvalue weighted by molar-refractivity contribution is 6.09. The van der Waals surface area contributed by atoms with Gasteiger partial charge in [-0.05, 0) is 60.0 Å². The van der Waals surface area contributed by atoms with Crippen molar-refractivity contribution >= 4 is 11.8 Å². The van der Waals surface area contributed by atoms with Crippen LogP contribution in [0.15, 0.2) is 11.3 Å². The van der Waals surface area contributed by atoms with E-state index in [1.54, 1.807) is 0 Å². The first-order chi connectivity index (χ1) is 9.03. The van der Waals surface area contributed by atoms with E-state index >= 15 is 0 Å². The summed E-state index contributed by atoms with van der Waals surface area (Å²) in [6.45, 7) is 13.0. The molecule has 2 amide bonds. The summed E-state index contributed by atoms with van der Waals surface area (Å²) in [6, 6.07) is 0. The molecule has 0 fully saturated rings. The van der Waals surface area contributed by atoms with Crippen LogP contribution in [0.4, 0.5) is 0 Å². The van der Waals surface area contributed by atoms with Crippen LogP contribution in [0.25, 0.3) is 0 Å². The van der Waals surface area contributed by atoms with Gasteiger partial charge >= 0.3 is 0 Å². The number of hydrogen-bond donors (Lipinski definition) is 0. The van der Waals surface area contributed by atoms with Gasteiger partial charge in [0, 0.05) is 17.6 Å². The van der Waals surface area contributed by atoms with Crippen molar-refractivity contribution in [3.05, 3.63) is 11.3 Å². The molecule has 2 aliphatic heterocycles. The Labute approximate surface area is 121 Å². The zero-order chi connectivity index (χ0) is 15.3. The van der Waals surface area contributed by atoms with E-state index in [4.69, 9.17) is 0 Å². The van der Waals surface area contributed by atoms with E-state index in [1.807, 2.05) is 20.8 Å². The zero-order valence-electron chi connectivity index (χ0n) is 13.5. The van der Waals surface area contributed by atoms with Crippen molar-refractivity contribution in [2.24, 2.45) is 0 Å². The third-order valence-electron chi connectivity index (χ3n) is 3.97. The van der Waals surface area contributed by atoms with Crippen LogP contribution in [0.3, 0.4) is 0 Å². The lowest BCUT2D eigenvalue weighted by Crippen LogP contribution is -2.57. The maximum absolute atomic E-state index is 12.9. The minimum absolute atomic E-state index is 0.0583. The summed E-state index contributed by atoms with van der Waals surface area (Å²) in [4.78, 5) is 28.8. The summed E-state index contributed by atoms with van der Waals surface area (Å²) in [5.41, 5.74) is 1.24. The fourth-order valence-electron chi connectivity index (χ4n) is 3.14. The summed E-state index contributed by atoms with van der Waals surface area (Å²) < 4.78 is 0. The number of hydrogen-bond acceptors (Lipinski definition) is 3. The molecule has 0 saturated carbocycles. The first-order valence-corrected chi connectivity index (χ1v) is 7.40. The molecular formula is C16H26N2O2. The van der Waals surface area contributed by atoms with E-state index in [9.17, 15) is 9.59 Å². The standard InChI is InChI=1S/C16H26N2O2/c1-15(2,3)17-9-7-8-11-10-12(19)18(16(4,5)6)14(20)13(11)17/h7-10H2,1-6H3. The molecule has 0 aliphatic carbocycles. The second-order valence-electron chi connectivity index (χ2n) is 7.76. The van der Waals surface area contributed by atoms with Gasteiger partial charge in [0.25, 0.3) is 5.91 Å². The van der Waals surface area contributed by atoms with Crippen molar-refractivity contribution < 1.29 is 9.59 Å². The van der Waals surface area contributed by atoms with E-state index < -0.39 is 5.54 Å². The number of rotatable bonds is 0. The predicted octanol–water partition coefficient (Wildman–Crippen LogP) is 2.69. The predicted molar refractivity (Wildman–Crippen MR) is 78.9 cm³/mol. The smallest absolute Gasteiger partial charge is 0.277 e. The highest BCUT2D eigenvalue weighted by Crippen LogP contribution is 2.36. The normalized spacial score (nSPS) is 21.5. The van der Waals surface area contributed by atoms with Gasteiger partial charge in [0.1, 0.15) is 5.70 Å². The van der Waals surface area contributed by atoms with Gasteiger partial charge < -0.3 is 4.90 Å². The Morgan fingerprint density at radius 2 is 1.55 bits per heavy atom. The quantitative estimate of drug-likeness (QED) is 0.640. The molecule has 0 aromatic heterocycles. The molecule has 20 heavy (non-hydrogen) atoms. The van der Waals surface area contributed by atoms with E-state index in [2.05, 4.69) is 25.7 Å². The Morgan fingerprint density at radius 1 is 0.950 bits per heavy atom. The number of carbonyl (C=O) groups excluding carboxylic acids is 2. The SMILES string of the molecule is CC(C)(C)N1CCCC2=C1C(=O)N(C(C)(C)C)C(=O)C2. The van der Waals surface area contributed by atoms with Gasteiger partial charge in [0.2, 0.25) is 5.91 Å². The molecule has 0 aromatic rings. The first-order valence-electron chi connectivity index (χ1n) is 7.40. The number of imide groups is 1. The molecule has 112 valence electrons. The molecular weight excluding hydrogens is 252 g/mol. The first kappa shape index (κ1) is 15.1. The van der Waals surface area contributed by atoms with Crippen molar-refractivity contribution in [2.75, 3.05) is 6.54 Å². The molecule has 4 nitrogen and oxygen atoms in total. The lowest BCUT2D eigenvalue weighted by Gasteiger charge is -2.47. The van der Waals surface area contributed by atoms with Crippen molar-refractivity contribution in [3.8, 4) is 0 Å². The Kier molecular flexibility index (Phi) is 3.47. The van der Waals surface area contributed by atoms with Crippen molar-refractivity contribution in [1.82, 2.24) is 9.80 Å². The average Bonchev–Trinajstić information content (AvgIpc) is 2.24. The molecule has 0 radical (unpaired) electrons. The molecule has 0 saturated heterocycles. The molecule has 2 rings (SSSR count). The van der Waals surface area contributed by atoms with Crippen molar-refractivity contribution in [1.29, 1.82) is 0 Å². The molecule has 2 aliphatic rings. The number of carbonyl (C=O) groups is 2. The maximum Gasteiger partial charge on any atom is 0.277 e. The van der Waals surface area contributed by atoms with Crippen LogP contribution in [0.5, 0.6) is 0 Å². The van der Waals surface area contributed by atoms with Crippen LogP contribution in [0.2, 0.25) is 0 Å². The second kappa shape index (κ2) is 4.61. The van der Waals surface area contributed by atoms with Crippen molar-refractivity contribution in [2.45, 2.75) is 71.9 Å². The largest absolute Gasteiger partial charge is 0.362 e. The van der Waals surface area contributed by atoms with E-state index in [0.717, 1.165) is 30.7 Å². The van der Waals surface area contributed by atoms with Gasteiger partial charge in [-0.2, -0.15) is 0 Å². The molecule has 0 spiro atoms. The van der Waals surface area contributed by atoms with Crippen LogP contribution < -0.4 is 0 Å². The number of amides is 2. The van der Waals surface area contributed by atoms with Crippen LogP contribution in [-0.2, 0) is 9.59 Å². The van der Waals surface area contributed by atoms with Gasteiger partial charge in [-0.15, -0.1) is 0 Å². The van der Waals surface area contributed by atoms with E-state index in [0.29, 0.717) is 6.42 Å². The van der Waals surface area contributed by atoms with Crippen LogP contribution >= 0.6 is 0 Å². The Bertz CT molecular complexity index is 478. The summed E-state index contributed by atoms with van der Waals surface area (Å²) in [6.07, 6.45) is 2.29. The molecule has 0 aromatic carbocycles. The lowest BCUT2D eigenvalue weighted by molar-refractivity contribution is -0.151. The highest BCUT2D eigenvalue weighted by atomic mass is 16.2. The molecule has 0 bridgehead atoms. The molecule has 2 heterocycles. The van der Waals surface area contributed by atoms with Gasteiger partial charge in [-0.25, -0.2) is 0 Å². The monoisotopic (exact) mass is 278 g/mol. The second-order valence-corrected chi connectivity index (χ2v) is 7.76. The minimum atomic E-state index is -0.465. The van der Waals surface area contributed by atoms with Gasteiger partial charge in [0.15, 0.2) is 0 Å². The van der Waals surface area contributed by atoms with Gasteiger partial charge in [-0.3, -0.25) is 14.5 Å². The third kappa shape index (κ3) is 2.48. The summed E-state index contributed by atoms with van der Waals surface area (Å²) in [5.74, 6) is -0.171. The fraction of sp³-hybridized carbons (Fsp3) is 0.750. The highest BCUT2D eigenvalue weighted by Gasteiger charge is 2.44. The van der Waals surface area contributed by atoms with E-state index in [-0.39, 0.29) is 17.4 Å². The summed E-state index contributed by atoms with van der Waals surface area (Å²) in [7, 11) is 0. The zero-order valence-corrected chi connectivity index (χ0v) is 13.5. The van der Waals surface area contributed by atoms with Gasteiger partial charge in [0.05, 0.1) is 6.42 Å².